The molecule has 2 aromatic heterocycles. The van der Waals surface area contributed by atoms with Crippen LogP contribution in [0.15, 0.2) is 42.5 Å². The lowest BCUT2D eigenvalue weighted by Gasteiger charge is -2.33. The molecule has 4 rings (SSSR count). The van der Waals surface area contributed by atoms with Gasteiger partial charge in [0.15, 0.2) is 11.3 Å². The molecule has 0 spiro atoms. The van der Waals surface area contributed by atoms with Gasteiger partial charge >= 0.3 is 0 Å². The third-order valence-corrected chi connectivity index (χ3v) is 5.37. The number of amides is 1. The number of benzene rings is 1. The maximum Gasteiger partial charge on any atom is 0.272 e. The predicted molar refractivity (Wildman–Crippen MR) is 110 cm³/mol. The number of hydrogen-bond acceptors (Lipinski definition) is 4. The molecular weight excluding hydrogens is 350 g/mol. The lowest BCUT2D eigenvalue weighted by atomic mass is 10.0. The first-order valence-corrected chi connectivity index (χ1v) is 9.99. The second kappa shape index (κ2) is 8.10. The molecule has 0 aliphatic carbocycles. The van der Waals surface area contributed by atoms with E-state index < -0.39 is 0 Å². The minimum atomic E-state index is -0.113. The molecule has 6 nitrogen and oxygen atoms in total. The van der Waals surface area contributed by atoms with Crippen LogP contribution in [-0.4, -0.2) is 51.1 Å². The number of carbonyl (C=O) groups is 1. The number of aryl methyl sites for hydroxylation is 2. The summed E-state index contributed by atoms with van der Waals surface area (Å²) < 4.78 is 1.73. The summed E-state index contributed by atoms with van der Waals surface area (Å²) in [5.41, 5.74) is 4.42. The first kappa shape index (κ1) is 18.6. The van der Waals surface area contributed by atoms with Crippen LogP contribution in [0.25, 0.3) is 5.65 Å². The average Bonchev–Trinajstić information content (AvgIpc) is 3.12. The first-order valence-electron chi connectivity index (χ1n) is 9.99. The van der Waals surface area contributed by atoms with Crippen molar-refractivity contribution in [3.63, 3.8) is 0 Å². The van der Waals surface area contributed by atoms with E-state index in [9.17, 15) is 4.79 Å². The van der Waals surface area contributed by atoms with Crippen molar-refractivity contribution in [2.75, 3.05) is 19.6 Å². The Bertz CT molecular complexity index is 966. The minimum absolute atomic E-state index is 0.113. The molecule has 1 saturated heterocycles. The Labute approximate surface area is 165 Å². The topological polar surface area (TPSA) is 62.5 Å². The quantitative estimate of drug-likeness (QED) is 0.743. The SMILES string of the molecule is Cc1cc(C)n2nc(C(=O)N[C@@H]3CCCN(CCc4ccccc4)C3)cc2n1. The molecular formula is C22H27N5O. The molecule has 1 N–H and O–H groups in total. The molecule has 0 unspecified atom stereocenters. The summed E-state index contributed by atoms with van der Waals surface area (Å²) >= 11 is 0. The van der Waals surface area contributed by atoms with E-state index in [1.54, 1.807) is 10.6 Å². The van der Waals surface area contributed by atoms with Gasteiger partial charge in [-0.05, 0) is 51.3 Å². The van der Waals surface area contributed by atoms with Gasteiger partial charge in [-0.3, -0.25) is 4.79 Å². The van der Waals surface area contributed by atoms with Gasteiger partial charge in [-0.15, -0.1) is 0 Å². The van der Waals surface area contributed by atoms with E-state index in [1.165, 1.54) is 5.56 Å². The summed E-state index contributed by atoms with van der Waals surface area (Å²) in [6.07, 6.45) is 3.15. The minimum Gasteiger partial charge on any atom is -0.347 e. The van der Waals surface area contributed by atoms with Crippen molar-refractivity contribution in [3.05, 3.63) is 65.1 Å². The fourth-order valence-electron chi connectivity index (χ4n) is 3.97. The van der Waals surface area contributed by atoms with Crippen LogP contribution < -0.4 is 5.32 Å². The Morgan fingerprint density at radius 1 is 1.21 bits per heavy atom. The number of aromatic nitrogens is 3. The van der Waals surface area contributed by atoms with E-state index in [-0.39, 0.29) is 11.9 Å². The molecule has 3 aromatic rings. The Kier molecular flexibility index (Phi) is 5.39. The highest BCUT2D eigenvalue weighted by molar-refractivity contribution is 5.93. The number of hydrogen-bond donors (Lipinski definition) is 1. The van der Waals surface area contributed by atoms with Crippen LogP contribution in [0, 0.1) is 13.8 Å². The highest BCUT2D eigenvalue weighted by Gasteiger charge is 2.23. The van der Waals surface area contributed by atoms with Gasteiger partial charge in [0.2, 0.25) is 0 Å². The number of carbonyl (C=O) groups excluding carboxylic acids is 1. The van der Waals surface area contributed by atoms with Crippen LogP contribution in [0.4, 0.5) is 0 Å². The third kappa shape index (κ3) is 4.22. The van der Waals surface area contributed by atoms with Crippen molar-refractivity contribution in [1.82, 2.24) is 24.8 Å². The molecule has 1 aliphatic rings. The molecule has 1 fully saturated rings. The van der Waals surface area contributed by atoms with Gasteiger partial charge in [0.1, 0.15) is 0 Å². The number of likely N-dealkylation sites (tertiary alicyclic amines) is 1. The Morgan fingerprint density at radius 3 is 2.86 bits per heavy atom. The maximum atomic E-state index is 12.7. The van der Waals surface area contributed by atoms with E-state index in [0.29, 0.717) is 5.69 Å². The highest BCUT2D eigenvalue weighted by atomic mass is 16.2. The summed E-state index contributed by atoms with van der Waals surface area (Å²) in [5.74, 6) is -0.113. The van der Waals surface area contributed by atoms with E-state index in [2.05, 4.69) is 44.6 Å². The monoisotopic (exact) mass is 377 g/mol. The molecule has 1 aliphatic heterocycles. The van der Waals surface area contributed by atoms with Crippen molar-refractivity contribution >= 4 is 11.6 Å². The summed E-state index contributed by atoms with van der Waals surface area (Å²) in [6.45, 7) is 6.93. The zero-order valence-corrected chi connectivity index (χ0v) is 16.6. The van der Waals surface area contributed by atoms with E-state index in [4.69, 9.17) is 0 Å². The van der Waals surface area contributed by atoms with Gasteiger partial charge < -0.3 is 10.2 Å². The smallest absolute Gasteiger partial charge is 0.272 e. The van der Waals surface area contributed by atoms with Gasteiger partial charge in [-0.2, -0.15) is 5.10 Å². The summed E-state index contributed by atoms with van der Waals surface area (Å²) in [4.78, 5) is 19.6. The molecule has 1 amide bonds. The van der Waals surface area contributed by atoms with Crippen LogP contribution in [-0.2, 0) is 6.42 Å². The van der Waals surface area contributed by atoms with E-state index in [1.807, 2.05) is 26.0 Å². The van der Waals surface area contributed by atoms with Gasteiger partial charge in [-0.25, -0.2) is 9.50 Å². The average molecular weight is 377 g/mol. The molecule has 3 heterocycles. The van der Waals surface area contributed by atoms with Crippen LogP contribution in [0.1, 0.15) is 40.3 Å². The van der Waals surface area contributed by atoms with Gasteiger partial charge in [0.25, 0.3) is 5.91 Å². The third-order valence-electron chi connectivity index (χ3n) is 5.37. The normalized spacial score (nSPS) is 17.7. The second-order valence-electron chi connectivity index (χ2n) is 7.69. The van der Waals surface area contributed by atoms with E-state index >= 15 is 0 Å². The van der Waals surface area contributed by atoms with Crippen molar-refractivity contribution < 1.29 is 4.79 Å². The number of nitrogens with zero attached hydrogens (tertiary/aromatic N) is 4. The van der Waals surface area contributed by atoms with E-state index in [0.717, 1.165) is 55.9 Å². The van der Waals surface area contributed by atoms with Gasteiger partial charge in [-0.1, -0.05) is 30.3 Å². The number of piperidine rings is 1. The molecule has 146 valence electrons. The fraction of sp³-hybridized carbons (Fsp3) is 0.409. The predicted octanol–water partition coefficient (Wildman–Crippen LogP) is 2.78. The summed E-state index contributed by atoms with van der Waals surface area (Å²) in [7, 11) is 0. The molecule has 0 saturated carbocycles. The lowest BCUT2D eigenvalue weighted by molar-refractivity contribution is 0.0899. The largest absolute Gasteiger partial charge is 0.347 e. The van der Waals surface area contributed by atoms with Crippen LogP contribution in [0.5, 0.6) is 0 Å². The van der Waals surface area contributed by atoms with Crippen molar-refractivity contribution in [3.8, 4) is 0 Å². The lowest BCUT2D eigenvalue weighted by Crippen LogP contribution is -2.48. The number of nitrogens with one attached hydrogen (secondary N) is 1. The maximum absolute atomic E-state index is 12.7. The Balaban J connectivity index is 1.37. The molecule has 0 bridgehead atoms. The summed E-state index contributed by atoms with van der Waals surface area (Å²) in [6, 6.07) is 14.5. The van der Waals surface area contributed by atoms with Crippen molar-refractivity contribution in [2.45, 2.75) is 39.2 Å². The van der Waals surface area contributed by atoms with Crippen LogP contribution >= 0.6 is 0 Å². The van der Waals surface area contributed by atoms with Crippen molar-refractivity contribution in [1.29, 1.82) is 0 Å². The molecule has 1 atom stereocenters. The van der Waals surface area contributed by atoms with Crippen LogP contribution in [0.3, 0.4) is 0 Å². The zero-order valence-electron chi connectivity index (χ0n) is 16.6. The van der Waals surface area contributed by atoms with Crippen LogP contribution in [0.2, 0.25) is 0 Å². The molecule has 28 heavy (non-hydrogen) atoms. The molecule has 0 radical (unpaired) electrons. The Morgan fingerprint density at radius 2 is 2.04 bits per heavy atom. The van der Waals surface area contributed by atoms with Crippen molar-refractivity contribution in [2.24, 2.45) is 0 Å². The zero-order chi connectivity index (χ0) is 19.5. The standard InChI is InChI=1S/C22H27N5O/c1-16-13-17(2)27-21(23-16)14-20(25-27)22(28)24-19-9-6-11-26(15-19)12-10-18-7-4-3-5-8-18/h3-5,7-8,13-14,19H,6,9-12,15H2,1-2H3,(H,24,28)/t19-/m1/s1. The fourth-order valence-corrected chi connectivity index (χ4v) is 3.97. The van der Waals surface area contributed by atoms with Gasteiger partial charge in [0, 0.05) is 36.6 Å². The Hall–Kier alpha value is -2.73. The van der Waals surface area contributed by atoms with Gasteiger partial charge in [0.05, 0.1) is 0 Å². The highest BCUT2D eigenvalue weighted by Crippen LogP contribution is 2.13. The summed E-state index contributed by atoms with van der Waals surface area (Å²) in [5, 5.41) is 7.62. The molecule has 1 aromatic carbocycles. The number of rotatable bonds is 5. The first-order chi connectivity index (χ1) is 13.6. The molecule has 6 heteroatoms. The number of fused-ring (bicyclic) bond motifs is 1. The second-order valence-corrected chi connectivity index (χ2v) is 7.69.